The van der Waals surface area contributed by atoms with Gasteiger partial charge in [-0.05, 0) is 66.0 Å². The minimum Gasteiger partial charge on any atom is -0.472 e. The number of benzene rings is 1. The first-order valence-electron chi connectivity index (χ1n) is 8.20. The molecule has 2 aromatic rings. The highest BCUT2D eigenvalue weighted by atomic mass is 32.2. The van der Waals surface area contributed by atoms with E-state index in [9.17, 15) is 21.6 Å². The van der Waals surface area contributed by atoms with Crippen molar-refractivity contribution in [3.8, 4) is 5.69 Å². The van der Waals surface area contributed by atoms with Gasteiger partial charge >= 0.3 is 6.18 Å². The predicted octanol–water partition coefficient (Wildman–Crippen LogP) is 3.51. The number of nitrogens with zero attached hydrogens (tertiary/aromatic N) is 2. The molecule has 10 heteroatoms. The molecule has 0 spiro atoms. The fourth-order valence-electron chi connectivity index (χ4n) is 3.26. The van der Waals surface area contributed by atoms with Crippen molar-refractivity contribution in [3.05, 3.63) is 71.5 Å². The van der Waals surface area contributed by atoms with Gasteiger partial charge in [-0.3, -0.25) is 0 Å². The topological polar surface area (TPSA) is 87.2 Å². The van der Waals surface area contributed by atoms with E-state index in [1.807, 2.05) is 0 Å². The number of halogens is 3. The predicted molar refractivity (Wildman–Crippen MR) is 94.4 cm³/mol. The fraction of sp³-hybridized carbons (Fsp3) is 0.167. The third kappa shape index (κ3) is 3.25. The summed E-state index contributed by atoms with van der Waals surface area (Å²) in [5, 5.41) is 8.81. The number of primary sulfonamides is 1. The van der Waals surface area contributed by atoms with Crippen molar-refractivity contribution in [2.24, 2.45) is 5.14 Å². The maximum atomic E-state index is 13.3. The quantitative estimate of drug-likeness (QED) is 0.840. The molecule has 146 valence electrons. The lowest BCUT2D eigenvalue weighted by Gasteiger charge is -2.11. The maximum absolute atomic E-state index is 13.3. The van der Waals surface area contributed by atoms with Gasteiger partial charge in [0.2, 0.25) is 10.0 Å². The molecule has 4 rings (SSSR count). The van der Waals surface area contributed by atoms with E-state index in [1.54, 1.807) is 12.3 Å². The lowest BCUT2D eigenvalue weighted by Crippen LogP contribution is -2.12. The van der Waals surface area contributed by atoms with E-state index in [2.05, 4.69) is 5.10 Å². The van der Waals surface area contributed by atoms with Gasteiger partial charge in [0.1, 0.15) is 0 Å². The van der Waals surface area contributed by atoms with Crippen LogP contribution >= 0.6 is 0 Å². The monoisotopic (exact) mass is 409 g/mol. The average Bonchev–Trinajstić information content (AvgIpc) is 3.25. The maximum Gasteiger partial charge on any atom is 0.435 e. The highest BCUT2D eigenvalue weighted by Crippen LogP contribution is 2.42. The minimum atomic E-state index is -4.62. The molecule has 2 N–H and O–H groups in total. The van der Waals surface area contributed by atoms with Crippen LogP contribution in [-0.4, -0.2) is 18.2 Å². The van der Waals surface area contributed by atoms with Gasteiger partial charge < -0.3 is 4.74 Å². The number of allylic oxidation sites excluding steroid dienone is 4. The van der Waals surface area contributed by atoms with Crippen LogP contribution in [0.4, 0.5) is 13.2 Å². The molecule has 6 nitrogen and oxygen atoms in total. The molecular weight excluding hydrogens is 395 g/mol. The van der Waals surface area contributed by atoms with Crippen LogP contribution in [0.3, 0.4) is 0 Å². The third-order valence-corrected chi connectivity index (χ3v) is 5.49. The van der Waals surface area contributed by atoms with Crippen LogP contribution in [0.15, 0.2) is 65.0 Å². The van der Waals surface area contributed by atoms with Crippen molar-refractivity contribution < 1.29 is 26.3 Å². The Morgan fingerprint density at radius 3 is 2.50 bits per heavy atom. The molecule has 2 aliphatic rings. The zero-order chi connectivity index (χ0) is 20.1. The number of alkyl halides is 3. The van der Waals surface area contributed by atoms with Crippen LogP contribution in [0.2, 0.25) is 0 Å². The van der Waals surface area contributed by atoms with Gasteiger partial charge in [0, 0.05) is 0 Å². The van der Waals surface area contributed by atoms with Gasteiger partial charge in [-0.15, -0.1) is 0 Å². The summed E-state index contributed by atoms with van der Waals surface area (Å²) >= 11 is 0. The lowest BCUT2D eigenvalue weighted by atomic mass is 10.1. The van der Waals surface area contributed by atoms with E-state index >= 15 is 0 Å². The van der Waals surface area contributed by atoms with E-state index in [0.717, 1.165) is 17.2 Å². The van der Waals surface area contributed by atoms with Crippen molar-refractivity contribution in [2.75, 3.05) is 0 Å². The largest absolute Gasteiger partial charge is 0.472 e. The molecule has 0 amide bonds. The molecule has 2 heterocycles. The Labute approximate surface area is 158 Å². The van der Waals surface area contributed by atoms with Crippen molar-refractivity contribution in [1.29, 1.82) is 0 Å². The Kier molecular flexibility index (Phi) is 4.20. The first-order valence-corrected chi connectivity index (χ1v) is 9.75. The summed E-state index contributed by atoms with van der Waals surface area (Å²) in [6.07, 6.45) is 1.32. The Bertz CT molecular complexity index is 1140. The Balaban J connectivity index is 1.88. The Morgan fingerprint density at radius 2 is 1.86 bits per heavy atom. The second kappa shape index (κ2) is 6.35. The zero-order valence-corrected chi connectivity index (χ0v) is 15.1. The van der Waals surface area contributed by atoms with E-state index in [0.29, 0.717) is 29.8 Å². The van der Waals surface area contributed by atoms with Crippen LogP contribution < -0.4 is 5.14 Å². The van der Waals surface area contributed by atoms with Gasteiger partial charge in [-0.2, -0.15) is 18.3 Å². The molecular formula is C18H14F3N3O3S. The Morgan fingerprint density at radius 1 is 1.14 bits per heavy atom. The molecule has 0 radical (unpaired) electrons. The highest BCUT2D eigenvalue weighted by Gasteiger charge is 2.36. The van der Waals surface area contributed by atoms with Crippen LogP contribution in [0, 0.1) is 0 Å². The number of hydrogen-bond donors (Lipinski definition) is 1. The van der Waals surface area contributed by atoms with Gasteiger partial charge in [0.15, 0.2) is 5.69 Å². The summed E-state index contributed by atoms with van der Waals surface area (Å²) in [4.78, 5) is -0.138. The standard InChI is InChI=1S/C18H14F3N3O3S/c19-18(20,21)17-9-16(15-6-1-11-10-27-8-7-14(11)15)24(23-17)12-2-4-13(5-3-12)28(22,25)26/h2-5,7-10H,1,6H2,(H2,22,25,26). The van der Waals surface area contributed by atoms with Crippen molar-refractivity contribution in [3.63, 3.8) is 0 Å². The minimum absolute atomic E-state index is 0.138. The SMILES string of the molecule is NS(=O)(=O)c1ccc(-n2nc(C(F)(F)F)cc2C2=C3C=COC=C3CC2)cc1. The molecule has 28 heavy (non-hydrogen) atoms. The molecule has 0 saturated carbocycles. The van der Waals surface area contributed by atoms with Crippen molar-refractivity contribution in [1.82, 2.24) is 9.78 Å². The number of ether oxygens (including phenoxy) is 1. The first kappa shape index (κ1) is 18.5. The number of nitrogens with two attached hydrogens (primary N) is 1. The summed E-state index contributed by atoms with van der Waals surface area (Å²) in [5.41, 5.74) is 1.98. The average molecular weight is 409 g/mol. The number of aromatic nitrogens is 2. The molecule has 1 aromatic carbocycles. The van der Waals surface area contributed by atoms with E-state index < -0.39 is 21.9 Å². The first-order chi connectivity index (χ1) is 13.1. The van der Waals surface area contributed by atoms with Gasteiger partial charge in [0.25, 0.3) is 0 Å². The zero-order valence-electron chi connectivity index (χ0n) is 14.3. The van der Waals surface area contributed by atoms with Gasteiger partial charge in [-0.25, -0.2) is 18.2 Å². The normalized spacial score (nSPS) is 16.8. The van der Waals surface area contributed by atoms with Crippen LogP contribution in [0.1, 0.15) is 24.2 Å². The van der Waals surface area contributed by atoms with Gasteiger partial charge in [0.05, 0.1) is 28.8 Å². The van der Waals surface area contributed by atoms with Crippen LogP contribution in [-0.2, 0) is 20.9 Å². The summed E-state index contributed by atoms with van der Waals surface area (Å²) < 4.78 is 69.1. The molecule has 0 fully saturated rings. The highest BCUT2D eigenvalue weighted by molar-refractivity contribution is 7.89. The molecule has 0 saturated heterocycles. The second-order valence-corrected chi connectivity index (χ2v) is 7.90. The van der Waals surface area contributed by atoms with Crippen LogP contribution in [0.5, 0.6) is 0 Å². The molecule has 1 aromatic heterocycles. The summed E-state index contributed by atoms with van der Waals surface area (Å²) in [6.45, 7) is 0. The summed E-state index contributed by atoms with van der Waals surface area (Å²) in [7, 11) is -3.91. The second-order valence-electron chi connectivity index (χ2n) is 6.34. The number of hydrogen-bond acceptors (Lipinski definition) is 4. The molecule has 1 aliphatic heterocycles. The lowest BCUT2D eigenvalue weighted by molar-refractivity contribution is -0.141. The molecule has 0 atom stereocenters. The summed E-state index contributed by atoms with van der Waals surface area (Å²) in [5.74, 6) is 0. The van der Waals surface area contributed by atoms with Crippen molar-refractivity contribution >= 4 is 15.6 Å². The number of rotatable bonds is 3. The smallest absolute Gasteiger partial charge is 0.435 e. The number of sulfonamides is 1. The fourth-order valence-corrected chi connectivity index (χ4v) is 3.77. The Hall–Kier alpha value is -2.85. The summed E-state index contributed by atoms with van der Waals surface area (Å²) in [6, 6.07) is 6.20. The van der Waals surface area contributed by atoms with E-state index in [1.165, 1.54) is 35.2 Å². The van der Waals surface area contributed by atoms with Crippen molar-refractivity contribution in [2.45, 2.75) is 23.9 Å². The molecule has 0 unspecified atom stereocenters. The molecule has 1 aliphatic carbocycles. The third-order valence-electron chi connectivity index (χ3n) is 4.56. The van der Waals surface area contributed by atoms with E-state index in [-0.39, 0.29) is 4.90 Å². The molecule has 0 bridgehead atoms. The van der Waals surface area contributed by atoms with Gasteiger partial charge in [-0.1, -0.05) is 0 Å². The van der Waals surface area contributed by atoms with E-state index in [4.69, 9.17) is 9.88 Å². The van der Waals surface area contributed by atoms with Crippen LogP contribution in [0.25, 0.3) is 11.3 Å². The number of fused-ring (bicyclic) bond motifs is 1.